The van der Waals surface area contributed by atoms with Crippen LogP contribution in [-0.4, -0.2) is 49.0 Å². The van der Waals surface area contributed by atoms with Crippen LogP contribution >= 0.6 is 11.8 Å². The number of piperidine rings is 1. The summed E-state index contributed by atoms with van der Waals surface area (Å²) < 4.78 is 0. The molecule has 0 aliphatic carbocycles. The maximum atomic E-state index is 11.2. The molecule has 1 rings (SSSR count). The van der Waals surface area contributed by atoms with Crippen molar-refractivity contribution in [3.05, 3.63) is 0 Å². The van der Waals surface area contributed by atoms with Crippen molar-refractivity contribution < 1.29 is 4.79 Å². The average molecular weight is 202 g/mol. The Morgan fingerprint density at radius 2 is 2.15 bits per heavy atom. The summed E-state index contributed by atoms with van der Waals surface area (Å²) in [6, 6.07) is 0.413. The molecule has 3 nitrogen and oxygen atoms in total. The number of nitrogens with one attached hydrogen (secondary N) is 1. The summed E-state index contributed by atoms with van der Waals surface area (Å²) in [5.74, 6) is 0.772. The smallest absolute Gasteiger partial charge is 0.230 e. The molecular weight excluding hydrogens is 184 g/mol. The van der Waals surface area contributed by atoms with E-state index in [0.717, 1.165) is 25.9 Å². The molecule has 0 atom stereocenters. The molecule has 1 aliphatic heterocycles. The molecule has 1 heterocycles. The van der Waals surface area contributed by atoms with Crippen LogP contribution in [0.1, 0.15) is 12.8 Å². The highest BCUT2D eigenvalue weighted by molar-refractivity contribution is 7.99. The van der Waals surface area contributed by atoms with Gasteiger partial charge in [-0.25, -0.2) is 0 Å². The van der Waals surface area contributed by atoms with Gasteiger partial charge in [-0.2, -0.15) is 11.8 Å². The molecule has 76 valence electrons. The van der Waals surface area contributed by atoms with Gasteiger partial charge in [0.2, 0.25) is 5.91 Å². The summed E-state index contributed by atoms with van der Waals surface area (Å²) in [5, 5.41) is 3.05. The topological polar surface area (TPSA) is 32.3 Å². The van der Waals surface area contributed by atoms with Crippen molar-refractivity contribution in [2.24, 2.45) is 0 Å². The number of amides is 1. The van der Waals surface area contributed by atoms with Gasteiger partial charge in [-0.3, -0.25) is 4.79 Å². The van der Waals surface area contributed by atoms with Crippen LogP contribution in [0.25, 0.3) is 0 Å². The molecule has 0 aromatic carbocycles. The second kappa shape index (κ2) is 5.50. The Morgan fingerprint density at radius 1 is 1.54 bits per heavy atom. The van der Waals surface area contributed by atoms with E-state index in [1.54, 1.807) is 11.8 Å². The third-order valence-electron chi connectivity index (χ3n) is 2.36. The Labute approximate surface area is 84.2 Å². The molecule has 0 spiro atoms. The van der Waals surface area contributed by atoms with Gasteiger partial charge in [0.05, 0.1) is 5.75 Å². The van der Waals surface area contributed by atoms with Gasteiger partial charge in [0.1, 0.15) is 0 Å². The van der Waals surface area contributed by atoms with E-state index in [1.807, 2.05) is 6.26 Å². The first kappa shape index (κ1) is 10.9. The van der Waals surface area contributed by atoms with Crippen molar-refractivity contribution in [2.45, 2.75) is 18.9 Å². The number of hydrogen-bond acceptors (Lipinski definition) is 3. The molecule has 1 fully saturated rings. The van der Waals surface area contributed by atoms with Crippen LogP contribution in [0.4, 0.5) is 0 Å². The maximum Gasteiger partial charge on any atom is 0.230 e. The lowest BCUT2D eigenvalue weighted by molar-refractivity contribution is -0.119. The van der Waals surface area contributed by atoms with Crippen molar-refractivity contribution >= 4 is 17.7 Å². The highest BCUT2D eigenvalue weighted by atomic mass is 32.2. The second-order valence-electron chi connectivity index (χ2n) is 3.58. The van der Waals surface area contributed by atoms with Crippen molar-refractivity contribution in [1.82, 2.24) is 10.2 Å². The van der Waals surface area contributed by atoms with E-state index in [0.29, 0.717) is 11.8 Å². The minimum atomic E-state index is 0.182. The Balaban J connectivity index is 2.18. The lowest BCUT2D eigenvalue weighted by Gasteiger charge is -2.29. The summed E-state index contributed by atoms with van der Waals surface area (Å²) in [6.07, 6.45) is 4.14. The number of likely N-dealkylation sites (tertiary alicyclic amines) is 1. The molecule has 0 bridgehead atoms. The highest BCUT2D eigenvalue weighted by Gasteiger charge is 2.17. The summed E-state index contributed by atoms with van der Waals surface area (Å²) in [4.78, 5) is 13.6. The first-order valence-electron chi connectivity index (χ1n) is 4.69. The summed E-state index contributed by atoms with van der Waals surface area (Å²) in [7, 11) is 2.12. The van der Waals surface area contributed by atoms with E-state index in [9.17, 15) is 4.79 Å². The maximum absolute atomic E-state index is 11.2. The van der Waals surface area contributed by atoms with Gasteiger partial charge in [-0.1, -0.05) is 0 Å². The highest BCUT2D eigenvalue weighted by Crippen LogP contribution is 2.08. The summed E-state index contributed by atoms with van der Waals surface area (Å²) >= 11 is 1.58. The first-order valence-corrected chi connectivity index (χ1v) is 6.08. The Hall–Kier alpha value is -0.220. The van der Waals surface area contributed by atoms with E-state index >= 15 is 0 Å². The molecule has 0 aromatic heterocycles. The van der Waals surface area contributed by atoms with Crippen LogP contribution in [0.5, 0.6) is 0 Å². The largest absolute Gasteiger partial charge is 0.353 e. The van der Waals surface area contributed by atoms with Crippen LogP contribution in [0.15, 0.2) is 0 Å². The molecule has 0 saturated carbocycles. The van der Waals surface area contributed by atoms with Gasteiger partial charge in [-0.05, 0) is 39.2 Å². The van der Waals surface area contributed by atoms with Crippen LogP contribution in [-0.2, 0) is 4.79 Å². The van der Waals surface area contributed by atoms with Crippen molar-refractivity contribution in [3.8, 4) is 0 Å². The van der Waals surface area contributed by atoms with Crippen molar-refractivity contribution in [2.75, 3.05) is 32.1 Å². The number of thioether (sulfide) groups is 1. The minimum absolute atomic E-state index is 0.182. The predicted molar refractivity (Wildman–Crippen MR) is 57.0 cm³/mol. The molecule has 1 N–H and O–H groups in total. The number of carbonyl (C=O) groups excluding carboxylic acids is 1. The van der Waals surface area contributed by atoms with Crippen molar-refractivity contribution in [1.29, 1.82) is 0 Å². The molecule has 4 heteroatoms. The molecule has 0 unspecified atom stereocenters. The van der Waals surface area contributed by atoms with E-state index in [1.165, 1.54) is 0 Å². The average Bonchev–Trinajstić information content (AvgIpc) is 2.09. The zero-order valence-corrected chi connectivity index (χ0v) is 9.19. The standard InChI is InChI=1S/C9H18N2OS/c1-11-5-3-8(4-6-11)10-9(12)7-13-2/h8H,3-7H2,1-2H3,(H,10,12). The zero-order chi connectivity index (χ0) is 9.68. The van der Waals surface area contributed by atoms with E-state index in [-0.39, 0.29) is 5.91 Å². The quantitative estimate of drug-likeness (QED) is 0.726. The molecule has 0 radical (unpaired) electrons. The number of carbonyl (C=O) groups is 1. The number of hydrogen-bond donors (Lipinski definition) is 1. The second-order valence-corrected chi connectivity index (χ2v) is 4.44. The van der Waals surface area contributed by atoms with Gasteiger partial charge in [0.25, 0.3) is 0 Å². The monoisotopic (exact) mass is 202 g/mol. The molecule has 13 heavy (non-hydrogen) atoms. The fourth-order valence-corrected chi connectivity index (χ4v) is 1.90. The minimum Gasteiger partial charge on any atom is -0.353 e. The van der Waals surface area contributed by atoms with Gasteiger partial charge in [0, 0.05) is 6.04 Å². The molecule has 1 amide bonds. The molecule has 1 saturated heterocycles. The lowest BCUT2D eigenvalue weighted by atomic mass is 10.1. The molecular formula is C9H18N2OS. The Kier molecular flexibility index (Phi) is 4.59. The zero-order valence-electron chi connectivity index (χ0n) is 8.38. The normalized spacial score (nSPS) is 20.2. The van der Waals surface area contributed by atoms with E-state index in [4.69, 9.17) is 0 Å². The lowest BCUT2D eigenvalue weighted by Crippen LogP contribution is -2.43. The van der Waals surface area contributed by atoms with Gasteiger partial charge >= 0.3 is 0 Å². The summed E-state index contributed by atoms with van der Waals surface area (Å²) in [5.41, 5.74) is 0. The van der Waals surface area contributed by atoms with E-state index < -0.39 is 0 Å². The summed E-state index contributed by atoms with van der Waals surface area (Å²) in [6.45, 7) is 2.20. The van der Waals surface area contributed by atoms with Crippen molar-refractivity contribution in [3.63, 3.8) is 0 Å². The van der Waals surface area contributed by atoms with Gasteiger partial charge in [0.15, 0.2) is 0 Å². The fourth-order valence-electron chi connectivity index (χ4n) is 1.55. The van der Waals surface area contributed by atoms with Crippen LogP contribution in [0, 0.1) is 0 Å². The SMILES string of the molecule is CSCC(=O)NC1CCN(C)CC1. The first-order chi connectivity index (χ1) is 6.22. The third-order valence-corrected chi connectivity index (χ3v) is 2.91. The Morgan fingerprint density at radius 3 is 2.69 bits per heavy atom. The Bertz CT molecular complexity index is 167. The van der Waals surface area contributed by atoms with E-state index in [2.05, 4.69) is 17.3 Å². The van der Waals surface area contributed by atoms with Crippen LogP contribution in [0.3, 0.4) is 0 Å². The van der Waals surface area contributed by atoms with Crippen LogP contribution in [0.2, 0.25) is 0 Å². The van der Waals surface area contributed by atoms with Crippen LogP contribution < -0.4 is 5.32 Å². The third kappa shape index (κ3) is 4.00. The molecule has 1 aliphatic rings. The number of nitrogens with zero attached hydrogens (tertiary/aromatic N) is 1. The number of rotatable bonds is 3. The van der Waals surface area contributed by atoms with Gasteiger partial charge in [-0.15, -0.1) is 0 Å². The molecule has 0 aromatic rings. The van der Waals surface area contributed by atoms with Gasteiger partial charge < -0.3 is 10.2 Å². The fraction of sp³-hybridized carbons (Fsp3) is 0.889. The predicted octanol–water partition coefficient (Wildman–Crippen LogP) is 0.560.